The first kappa shape index (κ1) is 15.6. The first-order valence-electron chi connectivity index (χ1n) is 8.36. The zero-order valence-electron chi connectivity index (χ0n) is 13.8. The lowest BCUT2D eigenvalue weighted by atomic mass is 9.70. The van der Waals surface area contributed by atoms with E-state index in [9.17, 15) is 0 Å². The van der Waals surface area contributed by atoms with E-state index in [1.807, 2.05) is 0 Å². The summed E-state index contributed by atoms with van der Waals surface area (Å²) in [5.41, 5.74) is 0.0198. The zero-order valence-corrected chi connectivity index (χ0v) is 13.8. The first-order valence-corrected chi connectivity index (χ1v) is 8.36. The summed E-state index contributed by atoms with van der Waals surface area (Å²) in [6, 6.07) is 1.33. The van der Waals surface area contributed by atoms with Gasteiger partial charge in [-0.2, -0.15) is 0 Å². The van der Waals surface area contributed by atoms with Crippen LogP contribution in [0.25, 0.3) is 0 Å². The number of fused-ring (bicyclic) bond motifs is 1. The van der Waals surface area contributed by atoms with Crippen LogP contribution in [0.5, 0.6) is 0 Å². The topological polar surface area (TPSA) is 15.6 Å². The average Bonchev–Trinajstić information content (AvgIpc) is 2.37. The van der Waals surface area contributed by atoms with E-state index in [0.29, 0.717) is 12.1 Å². The molecule has 2 heteroatoms. The molecule has 0 aromatic carbocycles. The number of likely N-dealkylation sites (tertiary alicyclic amines) is 1. The molecule has 4 atom stereocenters. The largest absolute Gasteiger partial charge is 0.356 e. The monoisotopic (exact) mass is 276 g/mol. The zero-order chi connectivity index (χ0) is 14.8. The third-order valence-corrected chi connectivity index (χ3v) is 5.04. The summed E-state index contributed by atoms with van der Waals surface area (Å²) in [6.07, 6.45) is 12.2. The number of nitrogens with zero attached hydrogens (tertiary/aromatic N) is 2. The van der Waals surface area contributed by atoms with Gasteiger partial charge >= 0.3 is 0 Å². The number of aliphatic imine (C=N–C) groups is 1. The Labute approximate surface area is 125 Å². The van der Waals surface area contributed by atoms with Gasteiger partial charge in [-0.25, -0.2) is 0 Å². The fraction of sp³-hybridized carbons (Fsp3) is 0.833. The van der Waals surface area contributed by atoms with Crippen LogP contribution >= 0.6 is 0 Å². The van der Waals surface area contributed by atoms with Crippen molar-refractivity contribution in [3.63, 3.8) is 0 Å². The Morgan fingerprint density at radius 3 is 2.60 bits per heavy atom. The smallest absolute Gasteiger partial charge is 0.0861 e. The van der Waals surface area contributed by atoms with Gasteiger partial charge in [0.15, 0.2) is 0 Å². The molecule has 2 rings (SSSR count). The van der Waals surface area contributed by atoms with Crippen molar-refractivity contribution in [1.29, 1.82) is 0 Å². The van der Waals surface area contributed by atoms with Crippen LogP contribution in [-0.4, -0.2) is 28.9 Å². The van der Waals surface area contributed by atoms with Gasteiger partial charge in [-0.15, -0.1) is 6.58 Å². The van der Waals surface area contributed by atoms with E-state index in [1.165, 1.54) is 32.1 Å². The third kappa shape index (κ3) is 3.65. The maximum Gasteiger partial charge on any atom is 0.0861 e. The average molecular weight is 276 g/mol. The molecule has 0 aromatic heterocycles. The van der Waals surface area contributed by atoms with E-state index in [4.69, 9.17) is 4.99 Å². The number of piperidine rings is 1. The van der Waals surface area contributed by atoms with Crippen molar-refractivity contribution in [3.05, 3.63) is 12.7 Å². The van der Waals surface area contributed by atoms with Crippen LogP contribution in [0.2, 0.25) is 0 Å². The molecule has 0 aromatic rings. The summed E-state index contributed by atoms with van der Waals surface area (Å²) >= 11 is 0. The van der Waals surface area contributed by atoms with E-state index in [0.717, 1.165) is 18.3 Å². The lowest BCUT2D eigenvalue weighted by Crippen LogP contribution is -2.53. The van der Waals surface area contributed by atoms with Crippen molar-refractivity contribution in [1.82, 2.24) is 4.90 Å². The van der Waals surface area contributed by atoms with Crippen molar-refractivity contribution >= 4 is 6.34 Å². The predicted molar refractivity (Wildman–Crippen MR) is 88.2 cm³/mol. The summed E-state index contributed by atoms with van der Waals surface area (Å²) in [5, 5.41) is 0. The molecule has 0 amide bonds. The number of rotatable bonds is 3. The van der Waals surface area contributed by atoms with Gasteiger partial charge < -0.3 is 4.90 Å². The van der Waals surface area contributed by atoms with Crippen LogP contribution in [0.4, 0.5) is 0 Å². The van der Waals surface area contributed by atoms with Crippen molar-refractivity contribution in [2.45, 2.75) is 83.8 Å². The molecule has 0 bridgehead atoms. The van der Waals surface area contributed by atoms with E-state index < -0.39 is 0 Å². The van der Waals surface area contributed by atoms with Crippen LogP contribution in [0.15, 0.2) is 17.6 Å². The number of hydrogen-bond acceptors (Lipinski definition) is 1. The highest BCUT2D eigenvalue weighted by Crippen LogP contribution is 2.41. The van der Waals surface area contributed by atoms with Crippen molar-refractivity contribution in [2.24, 2.45) is 16.8 Å². The van der Waals surface area contributed by atoms with E-state index >= 15 is 0 Å². The van der Waals surface area contributed by atoms with E-state index in [2.05, 4.69) is 51.6 Å². The second-order valence-corrected chi connectivity index (χ2v) is 7.76. The van der Waals surface area contributed by atoms with E-state index in [-0.39, 0.29) is 5.54 Å². The van der Waals surface area contributed by atoms with Gasteiger partial charge in [-0.3, -0.25) is 4.99 Å². The fourth-order valence-electron chi connectivity index (χ4n) is 3.96. The van der Waals surface area contributed by atoms with Crippen LogP contribution in [-0.2, 0) is 0 Å². The molecule has 0 spiro atoms. The second-order valence-electron chi connectivity index (χ2n) is 7.76. The Kier molecular flexibility index (Phi) is 4.93. The molecule has 20 heavy (non-hydrogen) atoms. The molecule has 114 valence electrons. The van der Waals surface area contributed by atoms with E-state index in [1.54, 1.807) is 0 Å². The first-order chi connectivity index (χ1) is 9.42. The van der Waals surface area contributed by atoms with Crippen molar-refractivity contribution < 1.29 is 0 Å². The Bertz CT molecular complexity index is 353. The molecule has 2 fully saturated rings. The standard InChI is InChI=1S/C18H32N2/c1-6-8-15-11-12-16-14(2)9-7-10-17(16)20(15)13-19-18(3,4)5/h6,13-17H,1,7-12H2,2-5H3/t14-,15+,16+,17-/m1/s1. The second kappa shape index (κ2) is 6.32. The van der Waals surface area contributed by atoms with Crippen LogP contribution in [0, 0.1) is 11.8 Å². The summed E-state index contributed by atoms with van der Waals surface area (Å²) in [7, 11) is 0. The summed E-state index contributed by atoms with van der Waals surface area (Å²) in [5.74, 6) is 1.75. The van der Waals surface area contributed by atoms with Gasteiger partial charge in [0.05, 0.1) is 11.9 Å². The Morgan fingerprint density at radius 2 is 1.95 bits per heavy atom. The van der Waals surface area contributed by atoms with Gasteiger partial charge in [0.1, 0.15) is 0 Å². The highest BCUT2D eigenvalue weighted by Gasteiger charge is 2.39. The molecule has 0 N–H and O–H groups in total. The van der Waals surface area contributed by atoms with Gasteiger partial charge in [0.2, 0.25) is 0 Å². The normalized spacial score (nSPS) is 35.1. The minimum atomic E-state index is 0.0198. The van der Waals surface area contributed by atoms with Gasteiger partial charge in [-0.1, -0.05) is 25.8 Å². The Balaban J connectivity index is 2.18. The lowest BCUT2D eigenvalue weighted by molar-refractivity contribution is 0.0459. The van der Waals surface area contributed by atoms with Crippen LogP contribution in [0.3, 0.4) is 0 Å². The molecule has 1 aliphatic heterocycles. The van der Waals surface area contributed by atoms with Gasteiger partial charge in [0.25, 0.3) is 0 Å². The third-order valence-electron chi connectivity index (χ3n) is 5.04. The molecular weight excluding hydrogens is 244 g/mol. The van der Waals surface area contributed by atoms with Gasteiger partial charge in [-0.05, 0) is 58.3 Å². The Hall–Kier alpha value is -0.790. The highest BCUT2D eigenvalue weighted by atomic mass is 15.2. The molecule has 0 unspecified atom stereocenters. The molecule has 2 aliphatic rings. The molecule has 1 aliphatic carbocycles. The van der Waals surface area contributed by atoms with Crippen molar-refractivity contribution in [2.75, 3.05) is 0 Å². The lowest BCUT2D eigenvalue weighted by Gasteiger charge is -2.50. The molecular formula is C18H32N2. The van der Waals surface area contributed by atoms with Crippen molar-refractivity contribution in [3.8, 4) is 0 Å². The Morgan fingerprint density at radius 1 is 1.20 bits per heavy atom. The maximum atomic E-state index is 4.80. The van der Waals surface area contributed by atoms with Crippen LogP contribution < -0.4 is 0 Å². The predicted octanol–water partition coefficient (Wildman–Crippen LogP) is 4.66. The SMILES string of the molecule is C=CC[C@H]1CC[C@H]2[C@H](C)CCC[C@H]2N1C=NC(C)(C)C. The molecule has 1 saturated heterocycles. The molecule has 0 radical (unpaired) electrons. The quantitative estimate of drug-likeness (QED) is 0.416. The van der Waals surface area contributed by atoms with Crippen LogP contribution in [0.1, 0.15) is 66.2 Å². The highest BCUT2D eigenvalue weighted by molar-refractivity contribution is 5.57. The molecule has 1 saturated carbocycles. The fourth-order valence-corrected chi connectivity index (χ4v) is 3.96. The minimum absolute atomic E-state index is 0.0198. The summed E-state index contributed by atoms with van der Waals surface area (Å²) in [6.45, 7) is 12.9. The summed E-state index contributed by atoms with van der Waals surface area (Å²) in [4.78, 5) is 7.39. The molecule has 1 heterocycles. The van der Waals surface area contributed by atoms with Gasteiger partial charge in [0, 0.05) is 12.1 Å². The molecule has 2 nitrogen and oxygen atoms in total. The number of hydrogen-bond donors (Lipinski definition) is 0. The minimum Gasteiger partial charge on any atom is -0.356 e. The maximum absolute atomic E-state index is 4.80. The summed E-state index contributed by atoms with van der Waals surface area (Å²) < 4.78 is 0.